The summed E-state index contributed by atoms with van der Waals surface area (Å²) in [7, 11) is 1.61. The zero-order valence-electron chi connectivity index (χ0n) is 22.1. The lowest BCUT2D eigenvalue weighted by Crippen LogP contribution is -2.48. The summed E-state index contributed by atoms with van der Waals surface area (Å²) < 4.78 is 13.8. The van der Waals surface area contributed by atoms with E-state index in [-0.39, 0.29) is 11.6 Å². The van der Waals surface area contributed by atoms with Gasteiger partial charge >= 0.3 is 6.03 Å². The van der Waals surface area contributed by atoms with Crippen LogP contribution in [0.3, 0.4) is 0 Å². The maximum absolute atomic E-state index is 13.5. The van der Waals surface area contributed by atoms with Gasteiger partial charge in [0, 0.05) is 12.1 Å². The molecule has 7 heteroatoms. The average Bonchev–Trinajstić information content (AvgIpc) is 3.18. The van der Waals surface area contributed by atoms with E-state index in [1.807, 2.05) is 113 Å². The van der Waals surface area contributed by atoms with E-state index in [1.54, 1.807) is 16.7 Å². The van der Waals surface area contributed by atoms with Crippen molar-refractivity contribution in [2.75, 3.05) is 7.11 Å². The molecule has 7 nitrogen and oxygen atoms in total. The maximum atomic E-state index is 13.5. The second-order valence-electron chi connectivity index (χ2n) is 9.89. The van der Waals surface area contributed by atoms with E-state index in [4.69, 9.17) is 14.6 Å². The molecular formula is C30H34N4O3. The quantitative estimate of drug-likeness (QED) is 0.301. The maximum Gasteiger partial charge on any atom is 0.318 e. The van der Waals surface area contributed by atoms with E-state index in [0.717, 1.165) is 22.5 Å². The molecular weight excluding hydrogens is 464 g/mol. The Bertz CT molecular complexity index is 1330. The molecule has 0 aliphatic carbocycles. The highest BCUT2D eigenvalue weighted by molar-refractivity contribution is 5.75. The summed E-state index contributed by atoms with van der Waals surface area (Å²) in [6.07, 6.45) is 0. The number of carbonyl (C=O) groups excluding carboxylic acids is 1. The second kappa shape index (κ2) is 11.2. The molecule has 0 saturated carbocycles. The second-order valence-corrected chi connectivity index (χ2v) is 9.89. The Morgan fingerprint density at radius 3 is 2.11 bits per heavy atom. The third kappa shape index (κ3) is 6.50. The fourth-order valence-electron chi connectivity index (χ4n) is 3.97. The highest BCUT2D eigenvalue weighted by Crippen LogP contribution is 2.36. The molecule has 192 valence electrons. The molecule has 37 heavy (non-hydrogen) atoms. The number of carbonyl (C=O) groups is 1. The Kier molecular flexibility index (Phi) is 7.82. The normalized spacial score (nSPS) is 11.2. The zero-order chi connectivity index (χ0) is 26.4. The lowest BCUT2D eigenvalue weighted by Gasteiger charge is -2.29. The number of nitrogens with one attached hydrogen (secondary N) is 1. The van der Waals surface area contributed by atoms with Crippen LogP contribution in [-0.2, 0) is 13.1 Å². The van der Waals surface area contributed by atoms with E-state index >= 15 is 0 Å². The smallest absolute Gasteiger partial charge is 0.318 e. The van der Waals surface area contributed by atoms with Crippen LogP contribution < -0.4 is 14.8 Å². The molecule has 0 unspecified atom stereocenters. The molecule has 0 fully saturated rings. The van der Waals surface area contributed by atoms with Crippen molar-refractivity contribution in [2.45, 2.75) is 46.3 Å². The van der Waals surface area contributed by atoms with Crippen LogP contribution in [0.2, 0.25) is 0 Å². The first-order valence-electron chi connectivity index (χ1n) is 12.3. The topological polar surface area (TPSA) is 68.6 Å². The van der Waals surface area contributed by atoms with E-state index in [9.17, 15) is 4.79 Å². The summed E-state index contributed by atoms with van der Waals surface area (Å²) in [4.78, 5) is 15.2. The van der Waals surface area contributed by atoms with Crippen molar-refractivity contribution in [3.63, 3.8) is 0 Å². The minimum Gasteiger partial charge on any atom is -0.493 e. The van der Waals surface area contributed by atoms with Crippen LogP contribution in [0.15, 0.2) is 84.9 Å². The van der Waals surface area contributed by atoms with Gasteiger partial charge in [0.05, 0.1) is 30.6 Å². The Morgan fingerprint density at radius 2 is 1.49 bits per heavy atom. The van der Waals surface area contributed by atoms with Crippen LogP contribution in [0.5, 0.6) is 17.4 Å². The lowest BCUT2D eigenvalue weighted by atomic mass is 10.1. The Hall–Kier alpha value is -4.26. The molecule has 0 aliphatic rings. The summed E-state index contributed by atoms with van der Waals surface area (Å²) in [6, 6.07) is 27.1. The number of rotatable bonds is 8. The number of urea groups is 1. The molecule has 1 heterocycles. The van der Waals surface area contributed by atoms with Crippen molar-refractivity contribution in [2.24, 2.45) is 0 Å². The number of benzene rings is 3. The predicted octanol–water partition coefficient (Wildman–Crippen LogP) is 6.49. The molecule has 0 atom stereocenters. The molecule has 4 aromatic rings. The summed E-state index contributed by atoms with van der Waals surface area (Å²) in [5, 5.41) is 7.92. The van der Waals surface area contributed by atoms with Gasteiger partial charge in [-0.25, -0.2) is 9.48 Å². The van der Waals surface area contributed by atoms with Crippen LogP contribution in [0.1, 0.15) is 37.6 Å². The van der Waals surface area contributed by atoms with Crippen LogP contribution in [-0.4, -0.2) is 33.4 Å². The first-order valence-corrected chi connectivity index (χ1v) is 12.3. The molecule has 0 radical (unpaired) electrons. The lowest BCUT2D eigenvalue weighted by molar-refractivity contribution is 0.182. The summed E-state index contributed by atoms with van der Waals surface area (Å²) in [5.74, 6) is 1.71. The van der Waals surface area contributed by atoms with Crippen LogP contribution in [0, 0.1) is 6.92 Å². The Balaban J connectivity index is 1.78. The molecule has 1 aromatic heterocycles. The van der Waals surface area contributed by atoms with Gasteiger partial charge in [-0.15, -0.1) is 0 Å². The van der Waals surface area contributed by atoms with Gasteiger partial charge in [0.2, 0.25) is 5.88 Å². The number of methoxy groups -OCH3 is 1. The zero-order valence-corrected chi connectivity index (χ0v) is 22.1. The minimum atomic E-state index is -0.383. The molecule has 4 rings (SSSR count). The van der Waals surface area contributed by atoms with Gasteiger partial charge < -0.3 is 19.7 Å². The largest absolute Gasteiger partial charge is 0.493 e. The highest BCUT2D eigenvalue weighted by Gasteiger charge is 2.26. The van der Waals surface area contributed by atoms with Gasteiger partial charge in [-0.3, -0.25) is 0 Å². The fourth-order valence-corrected chi connectivity index (χ4v) is 3.97. The molecule has 1 N–H and O–H groups in total. The van der Waals surface area contributed by atoms with E-state index in [1.165, 1.54) is 0 Å². The number of aromatic nitrogens is 2. The predicted molar refractivity (Wildman–Crippen MR) is 145 cm³/mol. The van der Waals surface area contributed by atoms with Crippen molar-refractivity contribution >= 4 is 6.03 Å². The van der Waals surface area contributed by atoms with Crippen molar-refractivity contribution in [3.05, 3.63) is 102 Å². The van der Waals surface area contributed by atoms with Crippen LogP contribution in [0.25, 0.3) is 5.69 Å². The molecule has 3 aromatic carbocycles. The molecule has 0 bridgehead atoms. The molecule has 0 saturated heterocycles. The van der Waals surface area contributed by atoms with Crippen molar-refractivity contribution < 1.29 is 14.3 Å². The first kappa shape index (κ1) is 25.8. The standard InChI is InChI=1S/C30H34N4O3/c1-22-25(21-33(29(35)31-30(2,3)4)20-23-14-8-6-9-15-23)28(34(32-22)24-16-10-7-11-17-24)37-27-19-13-12-18-26(27)36-5/h6-19H,20-21H2,1-5H3,(H,31,35). The number of hydrogen-bond acceptors (Lipinski definition) is 4. The van der Waals surface area contributed by atoms with Crippen molar-refractivity contribution in [1.82, 2.24) is 20.0 Å². The van der Waals surface area contributed by atoms with Gasteiger partial charge in [0.25, 0.3) is 0 Å². The van der Waals surface area contributed by atoms with Crippen molar-refractivity contribution in [3.8, 4) is 23.1 Å². The van der Waals surface area contributed by atoms with Gasteiger partial charge in [-0.1, -0.05) is 60.7 Å². The third-order valence-electron chi connectivity index (χ3n) is 5.75. The first-order chi connectivity index (χ1) is 17.7. The number of aryl methyl sites for hydroxylation is 1. The summed E-state index contributed by atoms with van der Waals surface area (Å²) in [5.41, 5.74) is 3.10. The monoisotopic (exact) mass is 498 g/mol. The molecule has 2 amide bonds. The molecule has 0 aliphatic heterocycles. The average molecular weight is 499 g/mol. The Morgan fingerprint density at radius 1 is 0.892 bits per heavy atom. The SMILES string of the molecule is COc1ccccc1Oc1c(CN(Cc2ccccc2)C(=O)NC(C)(C)C)c(C)nn1-c1ccccc1. The van der Waals surface area contributed by atoms with Gasteiger partial charge in [0.15, 0.2) is 11.5 Å². The minimum absolute atomic E-state index is 0.161. The van der Waals surface area contributed by atoms with E-state index < -0.39 is 0 Å². The number of ether oxygens (including phenoxy) is 2. The van der Waals surface area contributed by atoms with Gasteiger partial charge in [0.1, 0.15) is 0 Å². The van der Waals surface area contributed by atoms with Crippen molar-refractivity contribution in [1.29, 1.82) is 0 Å². The highest BCUT2D eigenvalue weighted by atomic mass is 16.5. The fraction of sp³-hybridized carbons (Fsp3) is 0.267. The summed E-state index contributed by atoms with van der Waals surface area (Å²) in [6.45, 7) is 8.60. The number of para-hydroxylation sites is 3. The number of amides is 2. The van der Waals surface area contributed by atoms with Crippen LogP contribution >= 0.6 is 0 Å². The molecule has 0 spiro atoms. The Labute approximate surface area is 218 Å². The third-order valence-corrected chi connectivity index (χ3v) is 5.75. The van der Waals surface area contributed by atoms with E-state index in [2.05, 4.69) is 5.32 Å². The van der Waals surface area contributed by atoms with E-state index in [0.29, 0.717) is 30.5 Å². The van der Waals surface area contributed by atoms with Gasteiger partial charge in [-0.05, 0) is 57.5 Å². The number of nitrogens with zero attached hydrogens (tertiary/aromatic N) is 3. The van der Waals surface area contributed by atoms with Gasteiger partial charge in [-0.2, -0.15) is 5.10 Å². The summed E-state index contributed by atoms with van der Waals surface area (Å²) >= 11 is 0. The number of hydrogen-bond donors (Lipinski definition) is 1. The van der Waals surface area contributed by atoms with Crippen LogP contribution in [0.4, 0.5) is 4.79 Å².